The molecule has 0 spiro atoms. The summed E-state index contributed by atoms with van der Waals surface area (Å²) in [5.74, 6) is 0.626. The number of ether oxygens (including phenoxy) is 2. The Labute approximate surface area is 177 Å². The third-order valence-corrected chi connectivity index (χ3v) is 4.26. The van der Waals surface area contributed by atoms with Gasteiger partial charge in [0, 0.05) is 25.2 Å². The van der Waals surface area contributed by atoms with Crippen molar-refractivity contribution in [3.8, 4) is 11.8 Å². The van der Waals surface area contributed by atoms with Crippen LogP contribution in [-0.4, -0.2) is 31.7 Å². The van der Waals surface area contributed by atoms with Crippen molar-refractivity contribution < 1.29 is 19.1 Å². The van der Waals surface area contributed by atoms with Crippen molar-refractivity contribution in [2.24, 2.45) is 0 Å². The fraction of sp³-hybridized carbons (Fsp3) is 0.348. The van der Waals surface area contributed by atoms with Crippen LogP contribution in [-0.2, 0) is 16.1 Å². The highest BCUT2D eigenvalue weighted by atomic mass is 16.5. The molecule has 30 heavy (non-hydrogen) atoms. The van der Waals surface area contributed by atoms with Gasteiger partial charge < -0.3 is 19.7 Å². The minimum atomic E-state index is -0.515. The Balaban J connectivity index is 1.78. The van der Waals surface area contributed by atoms with E-state index in [4.69, 9.17) is 14.7 Å². The summed E-state index contributed by atoms with van der Waals surface area (Å²) in [6.07, 6.45) is 0.444. The van der Waals surface area contributed by atoms with E-state index >= 15 is 0 Å². The number of nitrogens with one attached hydrogen (secondary N) is 1. The number of benzene rings is 2. The van der Waals surface area contributed by atoms with Gasteiger partial charge in [0.1, 0.15) is 12.4 Å². The second kappa shape index (κ2) is 12.8. The predicted molar refractivity (Wildman–Crippen MR) is 114 cm³/mol. The Hall–Kier alpha value is -3.53. The lowest BCUT2D eigenvalue weighted by Gasteiger charge is -2.22. The SMILES string of the molecule is CCOc1ccc(N(CCC#N)C(=O)CCCNC(=O)OCc2ccccc2)cc1. The smallest absolute Gasteiger partial charge is 0.407 e. The van der Waals surface area contributed by atoms with Gasteiger partial charge in [-0.15, -0.1) is 0 Å². The van der Waals surface area contributed by atoms with Gasteiger partial charge in [-0.1, -0.05) is 30.3 Å². The van der Waals surface area contributed by atoms with Crippen molar-refractivity contribution in [1.82, 2.24) is 5.32 Å². The number of alkyl carbamates (subject to hydrolysis) is 1. The van der Waals surface area contributed by atoms with E-state index in [0.717, 1.165) is 11.3 Å². The van der Waals surface area contributed by atoms with E-state index in [9.17, 15) is 9.59 Å². The molecule has 1 N–H and O–H groups in total. The summed E-state index contributed by atoms with van der Waals surface area (Å²) >= 11 is 0. The van der Waals surface area contributed by atoms with Crippen LogP contribution in [0.5, 0.6) is 5.75 Å². The molecule has 0 aliphatic carbocycles. The Bertz CT molecular complexity index is 832. The number of carbonyl (C=O) groups excluding carboxylic acids is 2. The summed E-state index contributed by atoms with van der Waals surface area (Å²) in [5.41, 5.74) is 1.63. The first-order chi connectivity index (χ1) is 14.6. The molecule has 0 radical (unpaired) electrons. The molecule has 0 atom stereocenters. The maximum atomic E-state index is 12.7. The Morgan fingerprint density at radius 2 is 1.83 bits per heavy atom. The van der Waals surface area contributed by atoms with Crippen LogP contribution in [0.4, 0.5) is 10.5 Å². The highest BCUT2D eigenvalue weighted by molar-refractivity contribution is 5.93. The molecule has 0 heterocycles. The standard InChI is InChI=1S/C23H27N3O4/c1-2-29-21-13-11-20(12-14-21)26(17-7-15-24)22(27)10-6-16-25-23(28)30-18-19-8-4-3-5-9-19/h3-5,8-9,11-14H,2,6-7,10,16-18H2,1H3,(H,25,28). The largest absolute Gasteiger partial charge is 0.494 e. The summed E-state index contributed by atoms with van der Waals surface area (Å²) in [5, 5.41) is 11.5. The van der Waals surface area contributed by atoms with Gasteiger partial charge in [-0.25, -0.2) is 4.79 Å². The van der Waals surface area contributed by atoms with Crippen molar-refractivity contribution in [3.63, 3.8) is 0 Å². The van der Waals surface area contributed by atoms with Crippen LogP contribution in [0.1, 0.15) is 31.7 Å². The molecule has 2 rings (SSSR count). The van der Waals surface area contributed by atoms with Crippen LogP contribution in [0, 0.1) is 11.3 Å². The minimum Gasteiger partial charge on any atom is -0.494 e. The van der Waals surface area contributed by atoms with E-state index in [1.165, 1.54) is 0 Å². The topological polar surface area (TPSA) is 91.7 Å². The molecule has 0 aliphatic heterocycles. The lowest BCUT2D eigenvalue weighted by atomic mass is 10.2. The third-order valence-electron chi connectivity index (χ3n) is 4.26. The van der Waals surface area contributed by atoms with Gasteiger partial charge in [0.25, 0.3) is 0 Å². The first kappa shape index (κ1) is 22.8. The highest BCUT2D eigenvalue weighted by Gasteiger charge is 2.15. The summed E-state index contributed by atoms with van der Waals surface area (Å²) in [4.78, 5) is 26.0. The van der Waals surface area contributed by atoms with Gasteiger partial charge in [-0.2, -0.15) is 5.26 Å². The molecule has 2 aromatic carbocycles. The Kier molecular flexibility index (Phi) is 9.74. The number of nitrogens with zero attached hydrogens (tertiary/aromatic N) is 2. The minimum absolute atomic E-state index is 0.103. The molecule has 2 aromatic rings. The van der Waals surface area contributed by atoms with E-state index in [-0.39, 0.29) is 25.4 Å². The number of rotatable bonds is 11. The van der Waals surface area contributed by atoms with Gasteiger partial charge >= 0.3 is 6.09 Å². The maximum Gasteiger partial charge on any atom is 0.407 e. The number of hydrogen-bond donors (Lipinski definition) is 1. The lowest BCUT2D eigenvalue weighted by Crippen LogP contribution is -2.33. The molecule has 0 fully saturated rings. The average Bonchev–Trinajstić information content (AvgIpc) is 2.77. The second-order valence-corrected chi connectivity index (χ2v) is 6.47. The van der Waals surface area contributed by atoms with Crippen molar-refractivity contribution in [2.75, 3.05) is 24.6 Å². The van der Waals surface area contributed by atoms with Crippen molar-refractivity contribution >= 4 is 17.7 Å². The molecular weight excluding hydrogens is 382 g/mol. The van der Waals surface area contributed by atoms with Crippen LogP contribution in [0.2, 0.25) is 0 Å². The molecule has 2 amide bonds. The van der Waals surface area contributed by atoms with Crippen molar-refractivity contribution in [1.29, 1.82) is 5.26 Å². The Morgan fingerprint density at radius 1 is 1.10 bits per heavy atom. The van der Waals surface area contributed by atoms with E-state index in [2.05, 4.69) is 11.4 Å². The molecule has 7 nitrogen and oxygen atoms in total. The fourth-order valence-corrected chi connectivity index (χ4v) is 2.79. The fourth-order valence-electron chi connectivity index (χ4n) is 2.79. The van der Waals surface area contributed by atoms with Gasteiger partial charge in [0.2, 0.25) is 5.91 Å². The van der Waals surface area contributed by atoms with E-state index in [1.807, 2.05) is 37.3 Å². The number of nitriles is 1. The number of amides is 2. The monoisotopic (exact) mass is 409 g/mol. The van der Waals surface area contributed by atoms with E-state index in [0.29, 0.717) is 31.8 Å². The van der Waals surface area contributed by atoms with Gasteiger partial charge in [-0.05, 0) is 43.2 Å². The number of anilines is 1. The number of carbonyl (C=O) groups is 2. The predicted octanol–water partition coefficient (Wildman–Crippen LogP) is 4.04. The molecule has 7 heteroatoms. The molecule has 0 aliphatic rings. The first-order valence-electron chi connectivity index (χ1n) is 9.98. The zero-order valence-electron chi connectivity index (χ0n) is 17.2. The molecule has 158 valence electrons. The normalized spacial score (nSPS) is 10.0. The van der Waals surface area contributed by atoms with Crippen LogP contribution in [0.25, 0.3) is 0 Å². The molecule has 0 bridgehead atoms. The summed E-state index contributed by atoms with van der Waals surface area (Å²) in [6.45, 7) is 3.31. The van der Waals surface area contributed by atoms with E-state index in [1.54, 1.807) is 29.2 Å². The van der Waals surface area contributed by atoms with Crippen LogP contribution in [0.15, 0.2) is 54.6 Å². The zero-order valence-corrected chi connectivity index (χ0v) is 17.2. The van der Waals surface area contributed by atoms with Gasteiger partial charge in [0.05, 0.1) is 19.1 Å². The summed E-state index contributed by atoms with van der Waals surface area (Å²) in [6, 6.07) is 18.7. The second-order valence-electron chi connectivity index (χ2n) is 6.47. The molecule has 0 saturated carbocycles. The van der Waals surface area contributed by atoms with Gasteiger partial charge in [-0.3, -0.25) is 4.79 Å². The quantitative estimate of drug-likeness (QED) is 0.566. The molecule has 0 unspecified atom stereocenters. The number of hydrogen-bond acceptors (Lipinski definition) is 5. The van der Waals surface area contributed by atoms with Gasteiger partial charge in [0.15, 0.2) is 0 Å². The zero-order chi connectivity index (χ0) is 21.6. The van der Waals surface area contributed by atoms with E-state index < -0.39 is 6.09 Å². The summed E-state index contributed by atoms with van der Waals surface area (Å²) in [7, 11) is 0. The molecular formula is C23H27N3O4. The highest BCUT2D eigenvalue weighted by Crippen LogP contribution is 2.21. The Morgan fingerprint density at radius 3 is 2.50 bits per heavy atom. The van der Waals surface area contributed by atoms with Crippen LogP contribution in [0.3, 0.4) is 0 Å². The van der Waals surface area contributed by atoms with Crippen LogP contribution >= 0.6 is 0 Å². The third kappa shape index (κ3) is 7.84. The molecule has 0 aromatic heterocycles. The average molecular weight is 409 g/mol. The van der Waals surface area contributed by atoms with Crippen LogP contribution < -0.4 is 15.0 Å². The first-order valence-corrected chi connectivity index (χ1v) is 9.98. The van der Waals surface area contributed by atoms with Crippen molar-refractivity contribution in [3.05, 3.63) is 60.2 Å². The lowest BCUT2D eigenvalue weighted by molar-refractivity contribution is -0.118. The summed E-state index contributed by atoms with van der Waals surface area (Å²) < 4.78 is 10.6. The maximum absolute atomic E-state index is 12.7. The van der Waals surface area contributed by atoms with Crippen molar-refractivity contribution in [2.45, 2.75) is 32.8 Å². The molecule has 0 saturated heterocycles.